The standard InChI is InChI=1S/C15H17NO2S2/c1-18-15(17)14(16-10-13-4-3-9-20-13)11-5-7-12(19-2)8-6-11/h3-9,14,16H,10H2,1-2H3. The Labute approximate surface area is 127 Å². The molecule has 2 rings (SSSR count). The molecule has 0 aliphatic heterocycles. The van der Waals surface area contributed by atoms with Gasteiger partial charge in [0, 0.05) is 16.3 Å². The van der Waals surface area contributed by atoms with Crippen LogP contribution in [0.15, 0.2) is 46.7 Å². The van der Waals surface area contributed by atoms with Gasteiger partial charge in [0.15, 0.2) is 0 Å². The minimum Gasteiger partial charge on any atom is -0.468 e. The Morgan fingerprint density at radius 3 is 2.65 bits per heavy atom. The van der Waals surface area contributed by atoms with Crippen LogP contribution in [0.1, 0.15) is 16.5 Å². The Kier molecular flexibility index (Phi) is 5.64. The molecule has 1 aromatic heterocycles. The lowest BCUT2D eigenvalue weighted by atomic mass is 10.1. The molecule has 20 heavy (non-hydrogen) atoms. The lowest BCUT2D eigenvalue weighted by molar-refractivity contribution is -0.143. The Morgan fingerprint density at radius 1 is 1.35 bits per heavy atom. The molecule has 1 heterocycles. The number of carbonyl (C=O) groups is 1. The van der Waals surface area contributed by atoms with Crippen LogP contribution < -0.4 is 5.32 Å². The molecule has 0 aliphatic carbocycles. The third-order valence-electron chi connectivity index (χ3n) is 2.95. The SMILES string of the molecule is COC(=O)C(NCc1cccs1)c1ccc(SC)cc1. The number of carbonyl (C=O) groups excluding carboxylic acids is 1. The normalized spacial score (nSPS) is 12.1. The second-order valence-electron chi connectivity index (χ2n) is 4.19. The van der Waals surface area contributed by atoms with Gasteiger partial charge in [-0.25, -0.2) is 4.79 Å². The number of thiophene rings is 1. The minimum atomic E-state index is -0.432. The van der Waals surface area contributed by atoms with Gasteiger partial charge < -0.3 is 4.74 Å². The molecule has 0 amide bonds. The molecule has 0 radical (unpaired) electrons. The Bertz CT molecular complexity index is 538. The zero-order valence-electron chi connectivity index (χ0n) is 11.5. The monoisotopic (exact) mass is 307 g/mol. The van der Waals surface area contributed by atoms with Crippen molar-refractivity contribution >= 4 is 29.1 Å². The van der Waals surface area contributed by atoms with E-state index in [0.717, 1.165) is 5.56 Å². The Hall–Kier alpha value is -1.30. The highest BCUT2D eigenvalue weighted by Crippen LogP contribution is 2.21. The van der Waals surface area contributed by atoms with Gasteiger partial charge in [0.2, 0.25) is 0 Å². The first-order valence-electron chi connectivity index (χ1n) is 6.22. The second-order valence-corrected chi connectivity index (χ2v) is 6.10. The summed E-state index contributed by atoms with van der Waals surface area (Å²) in [6, 6.07) is 11.6. The predicted molar refractivity (Wildman–Crippen MR) is 84.1 cm³/mol. The van der Waals surface area contributed by atoms with E-state index >= 15 is 0 Å². The van der Waals surface area contributed by atoms with Crippen molar-refractivity contribution in [1.29, 1.82) is 0 Å². The number of hydrogen-bond donors (Lipinski definition) is 1. The largest absolute Gasteiger partial charge is 0.468 e. The number of methoxy groups -OCH3 is 1. The molecule has 0 fully saturated rings. The first-order chi connectivity index (χ1) is 9.74. The molecule has 5 heteroatoms. The molecule has 0 aliphatic rings. The van der Waals surface area contributed by atoms with E-state index in [1.165, 1.54) is 16.9 Å². The van der Waals surface area contributed by atoms with E-state index in [2.05, 4.69) is 5.32 Å². The van der Waals surface area contributed by atoms with Crippen LogP contribution in [0.4, 0.5) is 0 Å². The fourth-order valence-electron chi connectivity index (χ4n) is 1.87. The third kappa shape index (κ3) is 3.85. The maximum Gasteiger partial charge on any atom is 0.327 e. The van der Waals surface area contributed by atoms with Gasteiger partial charge in [-0.2, -0.15) is 0 Å². The zero-order valence-corrected chi connectivity index (χ0v) is 13.1. The fourth-order valence-corrected chi connectivity index (χ4v) is 2.93. The van der Waals surface area contributed by atoms with Gasteiger partial charge in [-0.15, -0.1) is 23.1 Å². The zero-order chi connectivity index (χ0) is 14.4. The quantitative estimate of drug-likeness (QED) is 0.655. The van der Waals surface area contributed by atoms with Gasteiger partial charge >= 0.3 is 5.97 Å². The fraction of sp³-hybridized carbons (Fsp3) is 0.267. The van der Waals surface area contributed by atoms with Gasteiger partial charge in [-0.1, -0.05) is 18.2 Å². The summed E-state index contributed by atoms with van der Waals surface area (Å²) in [5.74, 6) is -0.265. The number of benzene rings is 1. The van der Waals surface area contributed by atoms with Gasteiger partial charge in [0.25, 0.3) is 0 Å². The predicted octanol–water partition coefficient (Wildman–Crippen LogP) is 3.47. The van der Waals surface area contributed by atoms with Gasteiger partial charge in [-0.05, 0) is 35.4 Å². The molecular weight excluding hydrogens is 290 g/mol. The molecule has 0 saturated carbocycles. The lowest BCUT2D eigenvalue weighted by Crippen LogP contribution is -2.29. The van der Waals surface area contributed by atoms with Crippen molar-refractivity contribution in [3.8, 4) is 0 Å². The molecule has 0 saturated heterocycles. The van der Waals surface area contributed by atoms with Crippen molar-refractivity contribution < 1.29 is 9.53 Å². The van der Waals surface area contributed by atoms with Gasteiger partial charge in [0.1, 0.15) is 6.04 Å². The molecule has 1 unspecified atom stereocenters. The molecule has 1 N–H and O–H groups in total. The molecule has 0 spiro atoms. The van der Waals surface area contributed by atoms with E-state index in [-0.39, 0.29) is 5.97 Å². The highest BCUT2D eigenvalue weighted by molar-refractivity contribution is 7.98. The Balaban J connectivity index is 2.11. The average molecular weight is 307 g/mol. The van der Waals surface area contributed by atoms with Crippen LogP contribution in [-0.2, 0) is 16.1 Å². The second kappa shape index (κ2) is 7.47. The van der Waals surface area contributed by atoms with Crippen molar-refractivity contribution in [2.45, 2.75) is 17.5 Å². The number of thioether (sulfide) groups is 1. The number of ether oxygens (including phenoxy) is 1. The van der Waals surface area contributed by atoms with Crippen molar-refractivity contribution in [1.82, 2.24) is 5.32 Å². The van der Waals surface area contributed by atoms with Gasteiger partial charge in [-0.3, -0.25) is 5.32 Å². The first-order valence-corrected chi connectivity index (χ1v) is 8.32. The lowest BCUT2D eigenvalue weighted by Gasteiger charge is -2.16. The third-order valence-corrected chi connectivity index (χ3v) is 4.57. The molecule has 3 nitrogen and oxygen atoms in total. The highest BCUT2D eigenvalue weighted by Gasteiger charge is 2.20. The van der Waals surface area contributed by atoms with E-state index in [0.29, 0.717) is 6.54 Å². The summed E-state index contributed by atoms with van der Waals surface area (Å²) in [7, 11) is 1.42. The van der Waals surface area contributed by atoms with Crippen LogP contribution >= 0.6 is 23.1 Å². The smallest absolute Gasteiger partial charge is 0.327 e. The summed E-state index contributed by atoms with van der Waals surface area (Å²) in [5.41, 5.74) is 0.922. The summed E-state index contributed by atoms with van der Waals surface area (Å²) in [6.45, 7) is 0.654. The summed E-state index contributed by atoms with van der Waals surface area (Å²) >= 11 is 3.35. The molecule has 2 aromatic rings. The van der Waals surface area contributed by atoms with E-state index in [1.807, 2.05) is 48.0 Å². The van der Waals surface area contributed by atoms with Crippen molar-refractivity contribution in [2.75, 3.05) is 13.4 Å². The molecule has 0 bridgehead atoms. The summed E-state index contributed by atoms with van der Waals surface area (Å²) in [4.78, 5) is 14.3. The van der Waals surface area contributed by atoms with E-state index in [1.54, 1.807) is 23.1 Å². The number of esters is 1. The van der Waals surface area contributed by atoms with Crippen molar-refractivity contribution in [3.63, 3.8) is 0 Å². The summed E-state index contributed by atoms with van der Waals surface area (Å²) in [5, 5.41) is 5.28. The van der Waals surface area contributed by atoms with Crippen molar-refractivity contribution in [3.05, 3.63) is 52.2 Å². The van der Waals surface area contributed by atoms with Crippen LogP contribution in [0, 0.1) is 0 Å². The van der Waals surface area contributed by atoms with Crippen LogP contribution in [0.2, 0.25) is 0 Å². The topological polar surface area (TPSA) is 38.3 Å². The van der Waals surface area contributed by atoms with Crippen LogP contribution in [0.25, 0.3) is 0 Å². The maximum atomic E-state index is 11.9. The highest BCUT2D eigenvalue weighted by atomic mass is 32.2. The van der Waals surface area contributed by atoms with E-state index in [4.69, 9.17) is 4.74 Å². The van der Waals surface area contributed by atoms with Crippen molar-refractivity contribution in [2.24, 2.45) is 0 Å². The number of hydrogen-bond acceptors (Lipinski definition) is 5. The van der Waals surface area contributed by atoms with Crippen LogP contribution in [-0.4, -0.2) is 19.3 Å². The first kappa shape index (κ1) is 15.1. The van der Waals surface area contributed by atoms with Crippen LogP contribution in [0.3, 0.4) is 0 Å². The van der Waals surface area contributed by atoms with E-state index < -0.39 is 6.04 Å². The molecule has 106 valence electrons. The van der Waals surface area contributed by atoms with Crippen LogP contribution in [0.5, 0.6) is 0 Å². The molecule has 1 aromatic carbocycles. The van der Waals surface area contributed by atoms with E-state index in [9.17, 15) is 4.79 Å². The Morgan fingerprint density at radius 2 is 2.10 bits per heavy atom. The minimum absolute atomic E-state index is 0.265. The molecular formula is C15H17NO2S2. The maximum absolute atomic E-state index is 11.9. The van der Waals surface area contributed by atoms with Gasteiger partial charge in [0.05, 0.1) is 7.11 Å². The molecule has 1 atom stereocenters. The summed E-state index contributed by atoms with van der Waals surface area (Å²) < 4.78 is 4.89. The average Bonchev–Trinajstić information content (AvgIpc) is 3.01. The number of rotatable bonds is 6. The number of nitrogens with one attached hydrogen (secondary N) is 1. The summed E-state index contributed by atoms with van der Waals surface area (Å²) in [6.07, 6.45) is 2.03.